The molecule has 0 atom stereocenters. The molecule has 2 aromatic rings. The molecule has 0 aromatic heterocycles. The SMILES string of the molecule is CCOc1ccccc1NC(=O)CNc1ccc(N(C)C)cc1. The van der Waals surface area contributed by atoms with Gasteiger partial charge >= 0.3 is 0 Å². The standard InChI is InChI=1S/C18H23N3O2/c1-4-23-17-8-6-5-7-16(17)20-18(22)13-19-14-9-11-15(12-10-14)21(2)3/h5-12,19H,4,13H2,1-3H3,(H,20,22). The molecule has 0 bridgehead atoms. The summed E-state index contributed by atoms with van der Waals surface area (Å²) in [4.78, 5) is 14.1. The molecule has 0 aliphatic heterocycles. The first-order valence-electron chi connectivity index (χ1n) is 7.63. The Kier molecular flexibility index (Phi) is 5.86. The lowest BCUT2D eigenvalue weighted by atomic mass is 10.2. The molecule has 0 saturated carbocycles. The van der Waals surface area contributed by atoms with Gasteiger partial charge in [-0.2, -0.15) is 0 Å². The molecule has 122 valence electrons. The topological polar surface area (TPSA) is 53.6 Å². The summed E-state index contributed by atoms with van der Waals surface area (Å²) >= 11 is 0. The van der Waals surface area contributed by atoms with Crippen molar-refractivity contribution in [3.8, 4) is 5.75 Å². The number of anilines is 3. The van der Waals surface area contributed by atoms with Crippen molar-refractivity contribution in [3.05, 3.63) is 48.5 Å². The minimum absolute atomic E-state index is 0.117. The Bertz CT molecular complexity index is 639. The van der Waals surface area contributed by atoms with E-state index in [0.29, 0.717) is 18.0 Å². The molecule has 2 rings (SSSR count). The van der Waals surface area contributed by atoms with Gasteiger partial charge in [-0.3, -0.25) is 4.79 Å². The third kappa shape index (κ3) is 4.92. The molecule has 5 nitrogen and oxygen atoms in total. The molecule has 0 aliphatic rings. The van der Waals surface area contributed by atoms with Gasteiger partial charge in [-0.1, -0.05) is 12.1 Å². The molecule has 0 heterocycles. The summed E-state index contributed by atoms with van der Waals surface area (Å²) in [6, 6.07) is 15.3. The fourth-order valence-corrected chi connectivity index (χ4v) is 2.11. The van der Waals surface area contributed by atoms with Crippen molar-refractivity contribution in [1.29, 1.82) is 0 Å². The highest BCUT2D eigenvalue weighted by Crippen LogP contribution is 2.23. The van der Waals surface area contributed by atoms with Crippen LogP contribution in [0.25, 0.3) is 0 Å². The first-order valence-corrected chi connectivity index (χ1v) is 7.63. The summed E-state index contributed by atoms with van der Waals surface area (Å²) < 4.78 is 5.50. The van der Waals surface area contributed by atoms with Crippen LogP contribution in [0.15, 0.2) is 48.5 Å². The number of para-hydroxylation sites is 2. The highest BCUT2D eigenvalue weighted by molar-refractivity contribution is 5.95. The Morgan fingerprint density at radius 3 is 2.43 bits per heavy atom. The number of rotatable bonds is 7. The van der Waals surface area contributed by atoms with Crippen LogP contribution in [0.4, 0.5) is 17.1 Å². The van der Waals surface area contributed by atoms with E-state index in [9.17, 15) is 4.79 Å². The van der Waals surface area contributed by atoms with Gasteiger partial charge in [0.25, 0.3) is 0 Å². The summed E-state index contributed by atoms with van der Waals surface area (Å²) in [6.07, 6.45) is 0. The van der Waals surface area contributed by atoms with Crippen molar-refractivity contribution in [2.75, 3.05) is 42.8 Å². The van der Waals surface area contributed by atoms with Gasteiger partial charge in [-0.15, -0.1) is 0 Å². The van der Waals surface area contributed by atoms with Crippen molar-refractivity contribution in [2.45, 2.75) is 6.92 Å². The van der Waals surface area contributed by atoms with Gasteiger partial charge in [-0.05, 0) is 43.3 Å². The second-order valence-electron chi connectivity index (χ2n) is 5.27. The van der Waals surface area contributed by atoms with Crippen molar-refractivity contribution < 1.29 is 9.53 Å². The van der Waals surface area contributed by atoms with Crippen LogP contribution in [0.3, 0.4) is 0 Å². The smallest absolute Gasteiger partial charge is 0.243 e. The zero-order valence-electron chi connectivity index (χ0n) is 13.8. The zero-order valence-corrected chi connectivity index (χ0v) is 13.8. The average molecular weight is 313 g/mol. The van der Waals surface area contributed by atoms with Gasteiger partial charge in [0, 0.05) is 25.5 Å². The van der Waals surface area contributed by atoms with E-state index < -0.39 is 0 Å². The molecule has 0 saturated heterocycles. The number of carbonyl (C=O) groups is 1. The van der Waals surface area contributed by atoms with E-state index in [-0.39, 0.29) is 12.5 Å². The summed E-state index contributed by atoms with van der Waals surface area (Å²) in [5.74, 6) is 0.563. The second kappa shape index (κ2) is 8.08. The van der Waals surface area contributed by atoms with E-state index in [1.54, 1.807) is 0 Å². The average Bonchev–Trinajstić information content (AvgIpc) is 2.55. The van der Waals surface area contributed by atoms with Crippen LogP contribution in [-0.4, -0.2) is 33.2 Å². The fraction of sp³-hybridized carbons (Fsp3) is 0.278. The third-order valence-electron chi connectivity index (χ3n) is 3.30. The van der Waals surface area contributed by atoms with Crippen LogP contribution in [0.2, 0.25) is 0 Å². The summed E-state index contributed by atoms with van der Waals surface area (Å²) in [7, 11) is 3.98. The second-order valence-corrected chi connectivity index (χ2v) is 5.27. The highest BCUT2D eigenvalue weighted by atomic mass is 16.5. The molecule has 2 N–H and O–H groups in total. The molecule has 0 spiro atoms. The Morgan fingerprint density at radius 2 is 1.78 bits per heavy atom. The molecule has 0 fully saturated rings. The van der Waals surface area contributed by atoms with E-state index in [2.05, 4.69) is 10.6 Å². The number of carbonyl (C=O) groups excluding carboxylic acids is 1. The summed E-state index contributed by atoms with van der Waals surface area (Å²) in [5.41, 5.74) is 2.71. The Balaban J connectivity index is 1.90. The first-order chi connectivity index (χ1) is 11.1. The molecule has 2 aromatic carbocycles. The Labute approximate surface area is 137 Å². The van der Waals surface area contributed by atoms with Gasteiger partial charge in [0.2, 0.25) is 5.91 Å². The van der Waals surface area contributed by atoms with Crippen LogP contribution >= 0.6 is 0 Å². The third-order valence-corrected chi connectivity index (χ3v) is 3.30. The number of nitrogens with zero attached hydrogens (tertiary/aromatic N) is 1. The lowest BCUT2D eigenvalue weighted by molar-refractivity contribution is -0.114. The zero-order chi connectivity index (χ0) is 16.7. The van der Waals surface area contributed by atoms with Crippen LogP contribution < -0.4 is 20.3 Å². The van der Waals surface area contributed by atoms with Gasteiger partial charge in [0.1, 0.15) is 5.75 Å². The highest BCUT2D eigenvalue weighted by Gasteiger charge is 2.07. The fourth-order valence-electron chi connectivity index (χ4n) is 2.11. The van der Waals surface area contributed by atoms with E-state index in [1.807, 2.05) is 74.4 Å². The predicted molar refractivity (Wildman–Crippen MR) is 95.5 cm³/mol. The number of amides is 1. The minimum atomic E-state index is -0.117. The maximum atomic E-state index is 12.1. The molecule has 5 heteroatoms. The molecule has 1 amide bonds. The largest absolute Gasteiger partial charge is 0.492 e. The number of ether oxygens (including phenoxy) is 1. The minimum Gasteiger partial charge on any atom is -0.492 e. The maximum absolute atomic E-state index is 12.1. The summed E-state index contributed by atoms with van der Waals surface area (Å²) in [5, 5.41) is 5.97. The predicted octanol–water partition coefficient (Wildman–Crippen LogP) is 3.20. The van der Waals surface area contributed by atoms with Gasteiger partial charge < -0.3 is 20.3 Å². The van der Waals surface area contributed by atoms with Crippen LogP contribution in [0.5, 0.6) is 5.75 Å². The first kappa shape index (κ1) is 16.7. The number of hydrogen-bond acceptors (Lipinski definition) is 4. The van der Waals surface area contributed by atoms with E-state index >= 15 is 0 Å². The number of benzene rings is 2. The molecule has 0 radical (unpaired) electrons. The van der Waals surface area contributed by atoms with Crippen molar-refractivity contribution in [1.82, 2.24) is 0 Å². The van der Waals surface area contributed by atoms with E-state index in [1.165, 1.54) is 0 Å². The van der Waals surface area contributed by atoms with Crippen LogP contribution in [-0.2, 0) is 4.79 Å². The molecule has 0 aliphatic carbocycles. The van der Waals surface area contributed by atoms with Gasteiger partial charge in [-0.25, -0.2) is 0 Å². The molecule has 23 heavy (non-hydrogen) atoms. The number of nitrogens with one attached hydrogen (secondary N) is 2. The maximum Gasteiger partial charge on any atom is 0.243 e. The van der Waals surface area contributed by atoms with Crippen molar-refractivity contribution >= 4 is 23.0 Å². The Morgan fingerprint density at radius 1 is 1.09 bits per heavy atom. The van der Waals surface area contributed by atoms with Gasteiger partial charge in [0.15, 0.2) is 0 Å². The lowest BCUT2D eigenvalue weighted by Crippen LogP contribution is -2.22. The quantitative estimate of drug-likeness (QED) is 0.824. The van der Waals surface area contributed by atoms with Crippen LogP contribution in [0.1, 0.15) is 6.92 Å². The monoisotopic (exact) mass is 313 g/mol. The van der Waals surface area contributed by atoms with E-state index in [0.717, 1.165) is 11.4 Å². The lowest BCUT2D eigenvalue weighted by Gasteiger charge is -2.14. The van der Waals surface area contributed by atoms with Gasteiger partial charge in [0.05, 0.1) is 18.8 Å². The Hall–Kier alpha value is -2.69. The van der Waals surface area contributed by atoms with Crippen LogP contribution in [0, 0.1) is 0 Å². The van der Waals surface area contributed by atoms with Crippen molar-refractivity contribution in [2.24, 2.45) is 0 Å². The normalized spacial score (nSPS) is 10.0. The number of hydrogen-bond donors (Lipinski definition) is 2. The molecular formula is C18H23N3O2. The molecule has 0 unspecified atom stereocenters. The van der Waals surface area contributed by atoms with E-state index in [4.69, 9.17) is 4.74 Å². The summed E-state index contributed by atoms with van der Waals surface area (Å²) in [6.45, 7) is 2.67. The van der Waals surface area contributed by atoms with Crippen molar-refractivity contribution in [3.63, 3.8) is 0 Å². The molecular weight excluding hydrogens is 290 g/mol.